The lowest BCUT2D eigenvalue weighted by molar-refractivity contribution is 0.148. The Morgan fingerprint density at radius 2 is 2.15 bits per heavy atom. The number of nitrogens with zero attached hydrogens (tertiary/aromatic N) is 3. The molecule has 2 heterocycles. The lowest BCUT2D eigenvalue weighted by atomic mass is 10.2. The Balaban J connectivity index is 1.68. The minimum atomic E-state index is 0.431. The van der Waals surface area contributed by atoms with Crippen molar-refractivity contribution >= 4 is 11.6 Å². The van der Waals surface area contributed by atoms with Gasteiger partial charge in [0.25, 0.3) is 0 Å². The summed E-state index contributed by atoms with van der Waals surface area (Å²) >= 11 is 5.86. The highest BCUT2D eigenvalue weighted by atomic mass is 35.5. The maximum absolute atomic E-state index is 5.86. The fourth-order valence-corrected chi connectivity index (χ4v) is 2.37. The van der Waals surface area contributed by atoms with Crippen LogP contribution >= 0.6 is 11.6 Å². The fraction of sp³-hybridized carbons (Fsp3) is 0.429. The molecule has 0 N–H and O–H groups in total. The molecule has 0 spiro atoms. The SMILES string of the molecule is CN(Cc1nc(-c2ccc(Cl)cc2)no1)C1CCOC1. The fourth-order valence-electron chi connectivity index (χ4n) is 2.25. The number of benzene rings is 1. The maximum atomic E-state index is 5.86. The Hall–Kier alpha value is -1.43. The number of halogens is 1. The van der Waals surface area contributed by atoms with E-state index >= 15 is 0 Å². The molecule has 106 valence electrons. The van der Waals surface area contributed by atoms with Gasteiger partial charge < -0.3 is 9.26 Å². The molecule has 0 saturated carbocycles. The summed E-state index contributed by atoms with van der Waals surface area (Å²) in [6.45, 7) is 2.23. The van der Waals surface area contributed by atoms with Gasteiger partial charge in [-0.1, -0.05) is 16.8 Å². The number of ether oxygens (including phenoxy) is 1. The second-order valence-electron chi connectivity index (χ2n) is 4.95. The Kier molecular flexibility index (Phi) is 4.00. The Bertz CT molecular complexity index is 564. The molecule has 1 aliphatic heterocycles. The third-order valence-corrected chi connectivity index (χ3v) is 3.74. The van der Waals surface area contributed by atoms with Crippen LogP contribution < -0.4 is 0 Å². The van der Waals surface area contributed by atoms with Gasteiger partial charge in [-0.3, -0.25) is 4.90 Å². The first-order valence-corrected chi connectivity index (χ1v) is 6.96. The van der Waals surface area contributed by atoms with E-state index in [0.29, 0.717) is 29.3 Å². The van der Waals surface area contributed by atoms with Crippen LogP contribution in [0.1, 0.15) is 12.3 Å². The van der Waals surface area contributed by atoms with Gasteiger partial charge in [-0.25, -0.2) is 0 Å². The molecule has 1 atom stereocenters. The average molecular weight is 294 g/mol. The molecule has 1 fully saturated rings. The second kappa shape index (κ2) is 5.91. The number of rotatable bonds is 4. The van der Waals surface area contributed by atoms with Gasteiger partial charge in [-0.05, 0) is 37.7 Å². The molecule has 1 aliphatic rings. The molecule has 0 aliphatic carbocycles. The van der Waals surface area contributed by atoms with Crippen molar-refractivity contribution in [2.24, 2.45) is 0 Å². The van der Waals surface area contributed by atoms with Crippen LogP contribution in [0.25, 0.3) is 11.4 Å². The molecule has 1 saturated heterocycles. The van der Waals surface area contributed by atoms with Crippen molar-refractivity contribution in [3.63, 3.8) is 0 Å². The number of hydrogen-bond donors (Lipinski definition) is 0. The smallest absolute Gasteiger partial charge is 0.241 e. The molecule has 1 aromatic carbocycles. The minimum Gasteiger partial charge on any atom is -0.380 e. The third kappa shape index (κ3) is 3.00. The van der Waals surface area contributed by atoms with E-state index < -0.39 is 0 Å². The van der Waals surface area contributed by atoms with Crippen LogP contribution in [0.4, 0.5) is 0 Å². The molecular formula is C14H16ClN3O2. The molecule has 5 nitrogen and oxygen atoms in total. The molecule has 0 amide bonds. The zero-order chi connectivity index (χ0) is 13.9. The highest BCUT2D eigenvalue weighted by molar-refractivity contribution is 6.30. The molecule has 0 radical (unpaired) electrons. The van der Waals surface area contributed by atoms with Gasteiger partial charge in [0, 0.05) is 23.2 Å². The lowest BCUT2D eigenvalue weighted by Crippen LogP contribution is -2.31. The Morgan fingerprint density at radius 1 is 1.35 bits per heavy atom. The third-order valence-electron chi connectivity index (χ3n) is 3.48. The highest BCUT2D eigenvalue weighted by Gasteiger charge is 2.22. The van der Waals surface area contributed by atoms with Gasteiger partial charge in [0.2, 0.25) is 11.7 Å². The monoisotopic (exact) mass is 293 g/mol. The first kappa shape index (κ1) is 13.5. The minimum absolute atomic E-state index is 0.431. The van der Waals surface area contributed by atoms with Gasteiger partial charge in [-0.15, -0.1) is 0 Å². The van der Waals surface area contributed by atoms with Crippen molar-refractivity contribution in [2.45, 2.75) is 19.0 Å². The summed E-state index contributed by atoms with van der Waals surface area (Å²) in [6, 6.07) is 7.82. The van der Waals surface area contributed by atoms with Crippen molar-refractivity contribution in [1.82, 2.24) is 15.0 Å². The van der Waals surface area contributed by atoms with Crippen molar-refractivity contribution in [3.05, 3.63) is 35.2 Å². The Morgan fingerprint density at radius 3 is 2.85 bits per heavy atom. The van der Waals surface area contributed by atoms with Crippen LogP contribution in [0.3, 0.4) is 0 Å². The summed E-state index contributed by atoms with van der Waals surface area (Å²) in [7, 11) is 2.05. The summed E-state index contributed by atoms with van der Waals surface area (Å²) in [5.41, 5.74) is 0.899. The second-order valence-corrected chi connectivity index (χ2v) is 5.39. The molecule has 2 aromatic rings. The molecule has 0 bridgehead atoms. The first-order chi connectivity index (χ1) is 9.72. The molecule has 1 unspecified atom stereocenters. The molecule has 6 heteroatoms. The topological polar surface area (TPSA) is 51.4 Å². The van der Waals surface area contributed by atoms with E-state index in [2.05, 4.69) is 15.0 Å². The molecule has 20 heavy (non-hydrogen) atoms. The van der Waals surface area contributed by atoms with Crippen LogP contribution in [-0.2, 0) is 11.3 Å². The molecular weight excluding hydrogens is 278 g/mol. The normalized spacial score (nSPS) is 18.9. The summed E-state index contributed by atoms with van der Waals surface area (Å²) in [5.74, 6) is 1.21. The van der Waals surface area contributed by atoms with Gasteiger partial charge in [0.15, 0.2) is 0 Å². The standard InChI is InChI=1S/C14H16ClN3O2/c1-18(12-6-7-19-9-12)8-13-16-14(17-20-13)10-2-4-11(15)5-3-10/h2-5,12H,6-9H2,1H3. The van der Waals surface area contributed by atoms with Crippen LogP contribution in [-0.4, -0.2) is 41.3 Å². The van der Waals surface area contributed by atoms with E-state index in [9.17, 15) is 0 Å². The van der Waals surface area contributed by atoms with Crippen molar-refractivity contribution in [1.29, 1.82) is 0 Å². The quantitative estimate of drug-likeness (QED) is 0.867. The summed E-state index contributed by atoms with van der Waals surface area (Å²) in [6.07, 6.45) is 1.05. The largest absolute Gasteiger partial charge is 0.380 e. The lowest BCUT2D eigenvalue weighted by Gasteiger charge is -2.20. The Labute approximate surface area is 122 Å². The molecule has 3 rings (SSSR count). The van der Waals surface area contributed by atoms with Gasteiger partial charge in [0.05, 0.1) is 13.2 Å². The van der Waals surface area contributed by atoms with E-state index in [-0.39, 0.29) is 0 Å². The van der Waals surface area contributed by atoms with E-state index in [1.54, 1.807) is 0 Å². The van der Waals surface area contributed by atoms with Crippen LogP contribution in [0.15, 0.2) is 28.8 Å². The summed E-state index contributed by atoms with van der Waals surface area (Å²) < 4.78 is 10.7. The zero-order valence-corrected chi connectivity index (χ0v) is 12.0. The summed E-state index contributed by atoms with van der Waals surface area (Å²) in [5, 5.41) is 4.70. The van der Waals surface area contributed by atoms with Gasteiger partial charge in [-0.2, -0.15) is 4.98 Å². The van der Waals surface area contributed by atoms with E-state index in [4.69, 9.17) is 20.9 Å². The van der Waals surface area contributed by atoms with Gasteiger partial charge >= 0.3 is 0 Å². The van der Waals surface area contributed by atoms with Crippen molar-refractivity contribution in [3.8, 4) is 11.4 Å². The van der Waals surface area contributed by atoms with E-state index in [1.807, 2.05) is 31.3 Å². The number of likely N-dealkylation sites (N-methyl/N-ethyl adjacent to an activating group) is 1. The number of hydrogen-bond acceptors (Lipinski definition) is 5. The van der Waals surface area contributed by atoms with Crippen LogP contribution in [0.5, 0.6) is 0 Å². The van der Waals surface area contributed by atoms with Crippen molar-refractivity contribution < 1.29 is 9.26 Å². The zero-order valence-electron chi connectivity index (χ0n) is 11.3. The predicted octanol–water partition coefficient (Wildman–Crippen LogP) is 2.61. The van der Waals surface area contributed by atoms with Gasteiger partial charge in [0.1, 0.15) is 0 Å². The van der Waals surface area contributed by atoms with E-state index in [0.717, 1.165) is 25.2 Å². The van der Waals surface area contributed by atoms with E-state index in [1.165, 1.54) is 0 Å². The maximum Gasteiger partial charge on any atom is 0.241 e. The average Bonchev–Trinajstić information content (AvgIpc) is 3.10. The number of aromatic nitrogens is 2. The van der Waals surface area contributed by atoms with Crippen LogP contribution in [0, 0.1) is 0 Å². The van der Waals surface area contributed by atoms with Crippen LogP contribution in [0.2, 0.25) is 5.02 Å². The highest BCUT2D eigenvalue weighted by Crippen LogP contribution is 2.19. The molecule has 1 aromatic heterocycles. The summed E-state index contributed by atoms with van der Waals surface area (Å²) in [4.78, 5) is 6.60. The predicted molar refractivity (Wildman–Crippen MR) is 75.4 cm³/mol. The van der Waals surface area contributed by atoms with Crippen molar-refractivity contribution in [2.75, 3.05) is 20.3 Å². The first-order valence-electron chi connectivity index (χ1n) is 6.59.